The number of rotatable bonds is 3. The Kier molecular flexibility index (Phi) is 3.83. The van der Waals surface area contributed by atoms with Gasteiger partial charge in [-0.2, -0.15) is 0 Å². The number of amidine groups is 1. The maximum Gasteiger partial charge on any atom is 0.219 e. The van der Waals surface area contributed by atoms with Crippen LogP contribution < -0.4 is 5.73 Å². The van der Waals surface area contributed by atoms with Crippen molar-refractivity contribution >= 4 is 33.4 Å². The number of aromatic nitrogens is 3. The second-order valence-corrected chi connectivity index (χ2v) is 4.81. The molecular formula is C10H9BrClN5O. The number of halogens is 2. The molecule has 0 aliphatic carbocycles. The van der Waals surface area contributed by atoms with Gasteiger partial charge in [0.1, 0.15) is 6.33 Å². The molecule has 0 aliphatic heterocycles. The molecule has 6 nitrogen and oxygen atoms in total. The molecule has 0 unspecified atom stereocenters. The number of nitrogens with zero attached hydrogens (tertiary/aromatic N) is 4. The van der Waals surface area contributed by atoms with Crippen LogP contribution in [0.3, 0.4) is 0 Å². The minimum Gasteiger partial charge on any atom is -0.409 e. The quantitative estimate of drug-likeness (QED) is 0.389. The van der Waals surface area contributed by atoms with Crippen molar-refractivity contribution in [2.24, 2.45) is 10.9 Å². The van der Waals surface area contributed by atoms with Crippen LogP contribution in [-0.2, 0) is 6.54 Å². The minimum absolute atomic E-state index is 0.129. The highest BCUT2D eigenvalue weighted by atomic mass is 79.9. The summed E-state index contributed by atoms with van der Waals surface area (Å²) in [7, 11) is 0. The van der Waals surface area contributed by atoms with Crippen molar-refractivity contribution in [3.8, 4) is 0 Å². The van der Waals surface area contributed by atoms with Crippen LogP contribution in [0.5, 0.6) is 0 Å². The van der Waals surface area contributed by atoms with E-state index in [0.29, 0.717) is 11.6 Å². The molecule has 2 rings (SSSR count). The van der Waals surface area contributed by atoms with E-state index in [2.05, 4.69) is 31.2 Å². The molecule has 3 N–H and O–H groups in total. The number of nitrogens with two attached hydrogens (primary N) is 1. The summed E-state index contributed by atoms with van der Waals surface area (Å²) in [6.07, 6.45) is 1.49. The van der Waals surface area contributed by atoms with Crippen LogP contribution in [0.2, 0.25) is 5.02 Å². The second kappa shape index (κ2) is 5.36. The Morgan fingerprint density at radius 1 is 1.56 bits per heavy atom. The smallest absolute Gasteiger partial charge is 0.219 e. The third-order valence-corrected chi connectivity index (χ3v) is 3.07. The summed E-state index contributed by atoms with van der Waals surface area (Å²) in [6.45, 7) is 0.456. The maximum absolute atomic E-state index is 8.51. The summed E-state index contributed by atoms with van der Waals surface area (Å²) in [6, 6.07) is 5.58. The maximum atomic E-state index is 8.51. The number of oxime groups is 1. The lowest BCUT2D eigenvalue weighted by atomic mass is 10.2. The third-order valence-electron chi connectivity index (χ3n) is 2.22. The van der Waals surface area contributed by atoms with Gasteiger partial charge in [0, 0.05) is 9.50 Å². The predicted molar refractivity (Wildman–Crippen MR) is 70.8 cm³/mol. The first-order valence-electron chi connectivity index (χ1n) is 4.91. The van der Waals surface area contributed by atoms with E-state index >= 15 is 0 Å². The Labute approximate surface area is 116 Å². The van der Waals surface area contributed by atoms with Crippen LogP contribution >= 0.6 is 27.5 Å². The van der Waals surface area contributed by atoms with Crippen LogP contribution in [-0.4, -0.2) is 25.8 Å². The molecule has 0 bridgehead atoms. The molecule has 18 heavy (non-hydrogen) atoms. The van der Waals surface area contributed by atoms with E-state index in [1.165, 1.54) is 6.33 Å². The Bertz CT molecular complexity index is 598. The average Bonchev–Trinajstić information content (AvgIpc) is 2.80. The van der Waals surface area contributed by atoms with Gasteiger partial charge in [0.2, 0.25) is 11.7 Å². The van der Waals surface area contributed by atoms with Crippen molar-refractivity contribution in [3.05, 3.63) is 45.4 Å². The van der Waals surface area contributed by atoms with Gasteiger partial charge in [-0.1, -0.05) is 38.8 Å². The highest BCUT2D eigenvalue weighted by Gasteiger charge is 2.07. The zero-order valence-corrected chi connectivity index (χ0v) is 11.4. The molecule has 94 valence electrons. The normalized spacial score (nSPS) is 11.8. The summed E-state index contributed by atoms with van der Waals surface area (Å²) in [5.41, 5.74) is 6.28. The standard InChI is InChI=1S/C10H9BrClN5O/c11-7-2-1-6(8(12)3-7)4-17-5-14-10(15-17)9(13)16-18/h1-3,5,18H,4H2,(H2,13,16). The molecule has 0 amide bonds. The molecule has 1 aromatic heterocycles. The third kappa shape index (κ3) is 2.80. The fraction of sp³-hybridized carbons (Fsp3) is 0.100. The Balaban J connectivity index is 2.21. The Morgan fingerprint density at radius 2 is 2.33 bits per heavy atom. The van der Waals surface area contributed by atoms with Crippen molar-refractivity contribution in [2.75, 3.05) is 0 Å². The lowest BCUT2D eigenvalue weighted by Gasteiger charge is -2.04. The van der Waals surface area contributed by atoms with Gasteiger partial charge in [-0.25, -0.2) is 9.67 Å². The first-order chi connectivity index (χ1) is 8.60. The predicted octanol–water partition coefficient (Wildman–Crippen LogP) is 1.84. The summed E-state index contributed by atoms with van der Waals surface area (Å²) in [5, 5.41) is 16.0. The first kappa shape index (κ1) is 12.8. The van der Waals surface area contributed by atoms with Gasteiger partial charge in [-0.3, -0.25) is 0 Å². The summed E-state index contributed by atoms with van der Waals surface area (Å²) in [4.78, 5) is 3.91. The highest BCUT2D eigenvalue weighted by Crippen LogP contribution is 2.21. The first-order valence-corrected chi connectivity index (χ1v) is 6.08. The van der Waals surface area contributed by atoms with Crippen molar-refractivity contribution in [1.82, 2.24) is 14.8 Å². The Hall–Kier alpha value is -1.60. The lowest BCUT2D eigenvalue weighted by Crippen LogP contribution is -2.15. The molecule has 0 saturated heterocycles. The molecule has 0 saturated carbocycles. The molecule has 0 atom stereocenters. The van der Waals surface area contributed by atoms with Crippen molar-refractivity contribution < 1.29 is 5.21 Å². The zero-order valence-electron chi connectivity index (χ0n) is 9.09. The molecule has 0 aliphatic rings. The summed E-state index contributed by atoms with van der Waals surface area (Å²) < 4.78 is 2.47. The molecule has 1 heterocycles. The SMILES string of the molecule is N/C(=N/O)c1ncn(Cc2ccc(Br)cc2Cl)n1. The van der Waals surface area contributed by atoms with Gasteiger partial charge in [-0.15, -0.1) is 5.10 Å². The summed E-state index contributed by atoms with van der Waals surface area (Å²) in [5.74, 6) is 0.0430. The van der Waals surface area contributed by atoms with E-state index in [1.54, 1.807) is 10.7 Å². The Morgan fingerprint density at radius 3 is 3.00 bits per heavy atom. The molecule has 0 radical (unpaired) electrons. The number of hydrogen-bond acceptors (Lipinski definition) is 4. The van der Waals surface area contributed by atoms with Crippen LogP contribution in [0.25, 0.3) is 0 Å². The van der Waals surface area contributed by atoms with E-state index < -0.39 is 0 Å². The molecular weight excluding hydrogens is 322 g/mol. The highest BCUT2D eigenvalue weighted by molar-refractivity contribution is 9.10. The van der Waals surface area contributed by atoms with Gasteiger partial charge in [0.15, 0.2) is 0 Å². The van der Waals surface area contributed by atoms with Gasteiger partial charge < -0.3 is 10.9 Å². The van der Waals surface area contributed by atoms with Crippen molar-refractivity contribution in [1.29, 1.82) is 0 Å². The molecule has 1 aromatic carbocycles. The van der Waals surface area contributed by atoms with E-state index in [0.717, 1.165) is 10.0 Å². The van der Waals surface area contributed by atoms with Gasteiger partial charge in [0.25, 0.3) is 0 Å². The van der Waals surface area contributed by atoms with E-state index in [9.17, 15) is 0 Å². The fourth-order valence-corrected chi connectivity index (χ4v) is 2.09. The zero-order chi connectivity index (χ0) is 13.1. The van der Waals surface area contributed by atoms with Crippen LogP contribution in [0.4, 0.5) is 0 Å². The summed E-state index contributed by atoms with van der Waals surface area (Å²) >= 11 is 9.43. The lowest BCUT2D eigenvalue weighted by molar-refractivity contribution is 0.318. The van der Waals surface area contributed by atoms with Gasteiger partial charge in [-0.05, 0) is 17.7 Å². The van der Waals surface area contributed by atoms with Crippen LogP contribution in [0.15, 0.2) is 34.2 Å². The van der Waals surface area contributed by atoms with Crippen molar-refractivity contribution in [3.63, 3.8) is 0 Å². The van der Waals surface area contributed by atoms with Crippen LogP contribution in [0.1, 0.15) is 11.4 Å². The van der Waals surface area contributed by atoms with E-state index in [-0.39, 0.29) is 11.7 Å². The number of benzene rings is 1. The molecule has 2 aromatic rings. The van der Waals surface area contributed by atoms with Crippen LogP contribution in [0, 0.1) is 0 Å². The van der Waals surface area contributed by atoms with E-state index in [1.807, 2.05) is 12.1 Å². The van der Waals surface area contributed by atoms with E-state index in [4.69, 9.17) is 22.5 Å². The molecule has 0 fully saturated rings. The van der Waals surface area contributed by atoms with Gasteiger partial charge in [0.05, 0.1) is 6.54 Å². The topological polar surface area (TPSA) is 89.3 Å². The molecule has 0 spiro atoms. The average molecular weight is 331 g/mol. The minimum atomic E-state index is -0.129. The largest absolute Gasteiger partial charge is 0.409 e. The van der Waals surface area contributed by atoms with Crippen molar-refractivity contribution in [2.45, 2.75) is 6.54 Å². The monoisotopic (exact) mass is 329 g/mol. The van der Waals surface area contributed by atoms with Gasteiger partial charge >= 0.3 is 0 Å². The molecule has 8 heteroatoms. The fourth-order valence-electron chi connectivity index (χ4n) is 1.36. The second-order valence-electron chi connectivity index (χ2n) is 3.49. The number of hydrogen-bond donors (Lipinski definition) is 2.